The van der Waals surface area contributed by atoms with Gasteiger partial charge in [-0.25, -0.2) is 4.98 Å². The number of nitrogen functional groups attached to an aromatic ring is 1. The zero-order chi connectivity index (χ0) is 14.0. The molecule has 1 aromatic heterocycles. The lowest BCUT2D eigenvalue weighted by Crippen LogP contribution is -2.05. The Kier molecular flexibility index (Phi) is 3.69. The zero-order valence-corrected chi connectivity index (χ0v) is 10.7. The topological polar surface area (TPSA) is 53.1 Å². The van der Waals surface area contributed by atoms with Crippen LogP contribution in [0.1, 0.15) is 19.9 Å². The maximum Gasteiger partial charge on any atom is 0.387 e. The van der Waals surface area contributed by atoms with Gasteiger partial charge in [-0.3, -0.25) is 0 Å². The molecule has 0 unspecified atom stereocenters. The van der Waals surface area contributed by atoms with Crippen molar-refractivity contribution in [2.45, 2.75) is 26.5 Å². The van der Waals surface area contributed by atoms with Gasteiger partial charge in [0.15, 0.2) is 0 Å². The number of nitrogens with zero attached hydrogens (tertiary/aromatic N) is 2. The lowest BCUT2D eigenvalue weighted by Gasteiger charge is -2.11. The van der Waals surface area contributed by atoms with Crippen molar-refractivity contribution in [2.24, 2.45) is 0 Å². The van der Waals surface area contributed by atoms with E-state index in [1.165, 1.54) is 6.07 Å². The van der Waals surface area contributed by atoms with Crippen LogP contribution in [-0.4, -0.2) is 16.2 Å². The number of benzene rings is 1. The molecule has 0 aliphatic carbocycles. The third-order valence-corrected chi connectivity index (χ3v) is 2.75. The fourth-order valence-electron chi connectivity index (χ4n) is 1.85. The molecule has 1 heterocycles. The van der Waals surface area contributed by atoms with Crippen molar-refractivity contribution < 1.29 is 13.5 Å². The average Bonchev–Trinajstić information content (AvgIpc) is 2.71. The van der Waals surface area contributed by atoms with Crippen LogP contribution in [0.2, 0.25) is 0 Å². The number of hydrogen-bond acceptors (Lipinski definition) is 3. The molecule has 0 amide bonds. The molecule has 2 rings (SSSR count). The van der Waals surface area contributed by atoms with Crippen molar-refractivity contribution in [3.63, 3.8) is 0 Å². The molecule has 4 nitrogen and oxygen atoms in total. The molecule has 0 aliphatic heterocycles. The van der Waals surface area contributed by atoms with E-state index in [0.29, 0.717) is 17.1 Å². The molecule has 0 aliphatic rings. The van der Waals surface area contributed by atoms with Crippen molar-refractivity contribution in [3.8, 4) is 17.0 Å². The Morgan fingerprint density at radius 3 is 2.53 bits per heavy atom. The molecule has 0 spiro atoms. The van der Waals surface area contributed by atoms with Crippen LogP contribution < -0.4 is 10.5 Å². The van der Waals surface area contributed by atoms with Crippen LogP contribution in [0.25, 0.3) is 11.3 Å². The van der Waals surface area contributed by atoms with Gasteiger partial charge in [-0.05, 0) is 26.0 Å². The molecular formula is C13H15F2N3O. The molecule has 19 heavy (non-hydrogen) atoms. The fourth-order valence-corrected chi connectivity index (χ4v) is 1.85. The second-order valence-electron chi connectivity index (χ2n) is 4.35. The third kappa shape index (κ3) is 2.67. The number of imidazole rings is 1. The van der Waals surface area contributed by atoms with Gasteiger partial charge in [0, 0.05) is 11.6 Å². The van der Waals surface area contributed by atoms with Crippen molar-refractivity contribution in [3.05, 3.63) is 30.6 Å². The maximum atomic E-state index is 12.4. The molecule has 6 heteroatoms. The lowest BCUT2D eigenvalue weighted by molar-refractivity contribution is -0.0494. The summed E-state index contributed by atoms with van der Waals surface area (Å²) in [5.41, 5.74) is 6.90. The summed E-state index contributed by atoms with van der Waals surface area (Å²) in [6.45, 7) is 1.04. The number of rotatable bonds is 4. The first-order valence-corrected chi connectivity index (χ1v) is 5.87. The Labute approximate surface area is 109 Å². The van der Waals surface area contributed by atoms with Crippen LogP contribution in [0.15, 0.2) is 30.6 Å². The van der Waals surface area contributed by atoms with E-state index in [4.69, 9.17) is 5.73 Å². The molecular weight excluding hydrogens is 252 g/mol. The molecule has 0 bridgehead atoms. The van der Waals surface area contributed by atoms with E-state index in [1.807, 2.05) is 13.8 Å². The highest BCUT2D eigenvalue weighted by Crippen LogP contribution is 2.34. The molecule has 0 fully saturated rings. The van der Waals surface area contributed by atoms with Gasteiger partial charge >= 0.3 is 6.61 Å². The van der Waals surface area contributed by atoms with Crippen LogP contribution in [0.4, 0.5) is 14.6 Å². The smallest absolute Gasteiger partial charge is 0.387 e. The van der Waals surface area contributed by atoms with Crippen molar-refractivity contribution >= 4 is 5.82 Å². The monoisotopic (exact) mass is 267 g/mol. The van der Waals surface area contributed by atoms with Gasteiger partial charge in [0.25, 0.3) is 0 Å². The number of aromatic nitrogens is 2. The van der Waals surface area contributed by atoms with E-state index in [0.717, 1.165) is 0 Å². The molecule has 102 valence electrons. The fraction of sp³-hybridized carbons (Fsp3) is 0.308. The lowest BCUT2D eigenvalue weighted by atomic mass is 10.1. The average molecular weight is 267 g/mol. The summed E-state index contributed by atoms with van der Waals surface area (Å²) in [4.78, 5) is 4.19. The summed E-state index contributed by atoms with van der Waals surface area (Å²) in [6.07, 6.45) is 1.59. The zero-order valence-electron chi connectivity index (χ0n) is 10.7. The first kappa shape index (κ1) is 13.3. The Balaban J connectivity index is 2.47. The maximum absolute atomic E-state index is 12.4. The first-order chi connectivity index (χ1) is 9.00. The Bertz CT molecular complexity index is 567. The van der Waals surface area contributed by atoms with E-state index in [-0.39, 0.29) is 11.8 Å². The number of nitrogens with two attached hydrogens (primary N) is 1. The minimum absolute atomic E-state index is 0.0678. The van der Waals surface area contributed by atoms with Crippen LogP contribution in [0.5, 0.6) is 5.75 Å². The number of ether oxygens (including phenoxy) is 1. The highest BCUT2D eigenvalue weighted by molar-refractivity contribution is 5.75. The van der Waals surface area contributed by atoms with E-state index >= 15 is 0 Å². The standard InChI is InChI=1S/C13H15F2N3O/c1-8(2)18-7-17-11(12(18)16)9-5-3-4-6-10(9)19-13(14)15/h3-8,13H,16H2,1-2H3. The Morgan fingerprint density at radius 1 is 1.26 bits per heavy atom. The molecule has 2 N–H and O–H groups in total. The molecule has 2 aromatic rings. The summed E-state index contributed by atoms with van der Waals surface area (Å²) in [5, 5.41) is 0. The SMILES string of the molecule is CC(C)n1cnc(-c2ccccc2OC(F)F)c1N. The van der Waals surface area contributed by atoms with Gasteiger partial charge < -0.3 is 15.0 Å². The van der Waals surface area contributed by atoms with Crippen molar-refractivity contribution in [1.29, 1.82) is 0 Å². The van der Waals surface area contributed by atoms with E-state index in [2.05, 4.69) is 9.72 Å². The van der Waals surface area contributed by atoms with E-state index in [9.17, 15) is 8.78 Å². The van der Waals surface area contributed by atoms with Gasteiger partial charge in [0.05, 0.1) is 6.33 Å². The highest BCUT2D eigenvalue weighted by Gasteiger charge is 2.17. The number of halogens is 2. The van der Waals surface area contributed by atoms with E-state index < -0.39 is 6.61 Å². The van der Waals surface area contributed by atoms with Gasteiger partial charge in [-0.15, -0.1) is 0 Å². The summed E-state index contributed by atoms with van der Waals surface area (Å²) < 4.78 is 31.0. The normalized spacial score (nSPS) is 11.3. The Hall–Kier alpha value is -2.11. The largest absolute Gasteiger partial charge is 0.434 e. The molecule has 0 radical (unpaired) electrons. The predicted molar refractivity (Wildman–Crippen MR) is 69.1 cm³/mol. The van der Waals surface area contributed by atoms with Crippen LogP contribution in [0.3, 0.4) is 0 Å². The second-order valence-corrected chi connectivity index (χ2v) is 4.35. The quantitative estimate of drug-likeness (QED) is 0.924. The Morgan fingerprint density at radius 2 is 1.95 bits per heavy atom. The van der Waals surface area contributed by atoms with Gasteiger partial charge in [0.2, 0.25) is 0 Å². The van der Waals surface area contributed by atoms with Gasteiger partial charge in [-0.1, -0.05) is 12.1 Å². The summed E-state index contributed by atoms with van der Waals surface area (Å²) in [7, 11) is 0. The number of anilines is 1. The summed E-state index contributed by atoms with van der Waals surface area (Å²) >= 11 is 0. The molecule has 0 atom stereocenters. The molecule has 1 aromatic carbocycles. The molecule has 0 saturated heterocycles. The third-order valence-electron chi connectivity index (χ3n) is 2.75. The minimum Gasteiger partial charge on any atom is -0.434 e. The van der Waals surface area contributed by atoms with Crippen LogP contribution in [-0.2, 0) is 0 Å². The van der Waals surface area contributed by atoms with Crippen LogP contribution >= 0.6 is 0 Å². The second kappa shape index (κ2) is 5.26. The van der Waals surface area contributed by atoms with Gasteiger partial charge in [0.1, 0.15) is 17.3 Å². The van der Waals surface area contributed by atoms with Crippen LogP contribution in [0, 0.1) is 0 Å². The first-order valence-electron chi connectivity index (χ1n) is 5.87. The summed E-state index contributed by atoms with van der Waals surface area (Å²) in [5.74, 6) is 0.499. The summed E-state index contributed by atoms with van der Waals surface area (Å²) in [6, 6.07) is 6.61. The predicted octanol–water partition coefficient (Wildman–Crippen LogP) is 3.31. The van der Waals surface area contributed by atoms with Crippen molar-refractivity contribution in [1.82, 2.24) is 9.55 Å². The minimum atomic E-state index is -2.88. The highest BCUT2D eigenvalue weighted by atomic mass is 19.3. The van der Waals surface area contributed by atoms with Crippen molar-refractivity contribution in [2.75, 3.05) is 5.73 Å². The number of alkyl halides is 2. The molecule has 0 saturated carbocycles. The van der Waals surface area contributed by atoms with E-state index in [1.54, 1.807) is 29.1 Å². The number of para-hydroxylation sites is 1. The number of hydrogen-bond donors (Lipinski definition) is 1. The van der Waals surface area contributed by atoms with Gasteiger partial charge in [-0.2, -0.15) is 8.78 Å².